The van der Waals surface area contributed by atoms with E-state index in [-0.39, 0.29) is 4.90 Å². The zero-order valence-electron chi connectivity index (χ0n) is 11.7. The monoisotopic (exact) mass is 389 g/mol. The molecule has 21 heavy (non-hydrogen) atoms. The summed E-state index contributed by atoms with van der Waals surface area (Å²) in [5.74, 6) is 0.668. The molecule has 1 aromatic carbocycles. The number of hydrogen-bond acceptors (Lipinski definition) is 4. The summed E-state index contributed by atoms with van der Waals surface area (Å²) in [6, 6.07) is 10.3. The van der Waals surface area contributed by atoms with Crippen molar-refractivity contribution >= 4 is 37.3 Å². The van der Waals surface area contributed by atoms with Crippen LogP contribution in [0, 0.1) is 0 Å². The van der Waals surface area contributed by atoms with E-state index in [1.165, 1.54) is 15.6 Å². The molecule has 1 aromatic heterocycles. The van der Waals surface area contributed by atoms with Gasteiger partial charge in [0.2, 0.25) is 10.0 Å². The van der Waals surface area contributed by atoms with Gasteiger partial charge in [-0.1, -0.05) is 0 Å². The third-order valence-electron chi connectivity index (χ3n) is 2.85. The first-order valence-electron chi connectivity index (χ1n) is 6.37. The fraction of sp³-hybridized carbons (Fsp3) is 0.286. The van der Waals surface area contributed by atoms with Crippen molar-refractivity contribution in [2.75, 3.05) is 13.7 Å². The normalized spacial score (nSPS) is 11.8. The molecular formula is C14H16BrNO3S2. The highest BCUT2D eigenvalue weighted by Crippen LogP contribution is 2.25. The predicted octanol–water partition coefficient (Wildman–Crippen LogP) is 3.73. The van der Waals surface area contributed by atoms with E-state index in [0.29, 0.717) is 18.9 Å². The number of nitrogens with zero attached hydrogens (tertiary/aromatic N) is 1. The fourth-order valence-electron chi connectivity index (χ4n) is 1.80. The van der Waals surface area contributed by atoms with Crippen molar-refractivity contribution in [3.63, 3.8) is 0 Å². The Labute approximate surface area is 137 Å². The van der Waals surface area contributed by atoms with Crippen LogP contribution in [0.15, 0.2) is 45.1 Å². The zero-order chi connectivity index (χ0) is 15.5. The Morgan fingerprint density at radius 1 is 1.19 bits per heavy atom. The number of hydrogen-bond donors (Lipinski definition) is 0. The van der Waals surface area contributed by atoms with Crippen molar-refractivity contribution in [2.45, 2.75) is 18.4 Å². The van der Waals surface area contributed by atoms with Crippen LogP contribution < -0.4 is 4.74 Å². The maximum absolute atomic E-state index is 12.5. The van der Waals surface area contributed by atoms with E-state index in [4.69, 9.17) is 4.74 Å². The summed E-state index contributed by atoms with van der Waals surface area (Å²) in [6.45, 7) is 2.79. The summed E-state index contributed by atoms with van der Waals surface area (Å²) in [6.07, 6.45) is 0. The standard InChI is InChI=1S/C14H16BrNO3S2/c1-3-19-11-4-7-13(8-5-11)21(17,18)16(2)10-12-6-9-14(15)20-12/h4-9H,3,10H2,1-2H3. The van der Waals surface area contributed by atoms with E-state index in [0.717, 1.165) is 8.66 Å². The van der Waals surface area contributed by atoms with Gasteiger partial charge >= 0.3 is 0 Å². The molecule has 0 saturated heterocycles. The van der Waals surface area contributed by atoms with Gasteiger partial charge in [-0.3, -0.25) is 0 Å². The molecule has 7 heteroatoms. The molecule has 2 rings (SSSR count). The van der Waals surface area contributed by atoms with Crippen molar-refractivity contribution in [3.8, 4) is 5.75 Å². The first kappa shape index (κ1) is 16.5. The molecule has 0 radical (unpaired) electrons. The molecule has 0 N–H and O–H groups in total. The first-order chi connectivity index (χ1) is 9.93. The molecule has 0 amide bonds. The molecule has 0 spiro atoms. The second kappa shape index (κ2) is 6.91. The lowest BCUT2D eigenvalue weighted by molar-refractivity contribution is 0.340. The highest BCUT2D eigenvalue weighted by molar-refractivity contribution is 9.11. The van der Waals surface area contributed by atoms with Crippen LogP contribution in [0.5, 0.6) is 5.75 Å². The Morgan fingerprint density at radius 3 is 2.38 bits per heavy atom. The summed E-state index contributed by atoms with van der Waals surface area (Å²) in [5.41, 5.74) is 0. The smallest absolute Gasteiger partial charge is 0.243 e. The first-order valence-corrected chi connectivity index (χ1v) is 9.42. The van der Waals surface area contributed by atoms with E-state index in [9.17, 15) is 8.42 Å². The molecule has 0 aliphatic carbocycles. The Morgan fingerprint density at radius 2 is 1.86 bits per heavy atom. The summed E-state index contributed by atoms with van der Waals surface area (Å²) < 4.78 is 32.6. The molecule has 1 heterocycles. The van der Waals surface area contributed by atoms with Crippen molar-refractivity contribution in [3.05, 3.63) is 45.1 Å². The van der Waals surface area contributed by atoms with E-state index >= 15 is 0 Å². The molecule has 0 aliphatic rings. The van der Waals surface area contributed by atoms with Crippen LogP contribution in [0.3, 0.4) is 0 Å². The van der Waals surface area contributed by atoms with Gasteiger partial charge in [-0.05, 0) is 59.3 Å². The molecule has 0 saturated carbocycles. The zero-order valence-corrected chi connectivity index (χ0v) is 15.0. The van der Waals surface area contributed by atoms with Crippen LogP contribution in [0.4, 0.5) is 0 Å². The van der Waals surface area contributed by atoms with Gasteiger partial charge in [0.1, 0.15) is 5.75 Å². The van der Waals surface area contributed by atoms with Gasteiger partial charge in [-0.2, -0.15) is 4.31 Å². The van der Waals surface area contributed by atoms with Gasteiger partial charge in [0.25, 0.3) is 0 Å². The van der Waals surface area contributed by atoms with Crippen LogP contribution in [-0.2, 0) is 16.6 Å². The average molecular weight is 390 g/mol. The molecule has 0 unspecified atom stereocenters. The number of rotatable bonds is 6. The third-order valence-corrected chi connectivity index (χ3v) is 6.28. The van der Waals surface area contributed by atoms with Crippen molar-refractivity contribution in [1.82, 2.24) is 4.31 Å². The molecule has 0 fully saturated rings. The van der Waals surface area contributed by atoms with Crippen molar-refractivity contribution < 1.29 is 13.2 Å². The molecule has 0 atom stereocenters. The Hall–Kier alpha value is -0.890. The van der Waals surface area contributed by atoms with Gasteiger partial charge in [0.15, 0.2) is 0 Å². The minimum absolute atomic E-state index is 0.268. The number of sulfonamides is 1. The van der Waals surface area contributed by atoms with Crippen LogP contribution in [0.2, 0.25) is 0 Å². The topological polar surface area (TPSA) is 46.6 Å². The van der Waals surface area contributed by atoms with Gasteiger partial charge < -0.3 is 4.74 Å². The largest absolute Gasteiger partial charge is 0.494 e. The minimum Gasteiger partial charge on any atom is -0.494 e. The minimum atomic E-state index is -3.49. The average Bonchev–Trinajstić information content (AvgIpc) is 2.85. The quantitative estimate of drug-likeness (QED) is 0.755. The summed E-state index contributed by atoms with van der Waals surface area (Å²) in [4.78, 5) is 1.25. The Bertz CT molecular complexity index is 695. The third kappa shape index (κ3) is 4.06. The summed E-state index contributed by atoms with van der Waals surface area (Å²) in [5, 5.41) is 0. The molecule has 2 aromatic rings. The van der Waals surface area contributed by atoms with E-state index < -0.39 is 10.0 Å². The van der Waals surface area contributed by atoms with Gasteiger partial charge in [-0.15, -0.1) is 11.3 Å². The lowest BCUT2D eigenvalue weighted by atomic mass is 10.3. The Balaban J connectivity index is 2.16. The Kier molecular flexibility index (Phi) is 5.43. The van der Waals surface area contributed by atoms with Crippen molar-refractivity contribution in [1.29, 1.82) is 0 Å². The molecule has 114 valence electrons. The highest BCUT2D eigenvalue weighted by Gasteiger charge is 2.21. The number of thiophene rings is 1. The van der Waals surface area contributed by atoms with Crippen LogP contribution in [-0.4, -0.2) is 26.4 Å². The van der Waals surface area contributed by atoms with Gasteiger partial charge in [0.05, 0.1) is 15.3 Å². The maximum atomic E-state index is 12.5. The van der Waals surface area contributed by atoms with E-state index in [2.05, 4.69) is 15.9 Å². The molecule has 0 bridgehead atoms. The number of ether oxygens (including phenoxy) is 1. The fourth-order valence-corrected chi connectivity index (χ4v) is 4.56. The lowest BCUT2D eigenvalue weighted by Gasteiger charge is -2.16. The maximum Gasteiger partial charge on any atom is 0.243 e. The lowest BCUT2D eigenvalue weighted by Crippen LogP contribution is -2.26. The summed E-state index contributed by atoms with van der Waals surface area (Å²) in [7, 11) is -1.91. The predicted molar refractivity (Wildman–Crippen MR) is 88.3 cm³/mol. The molecule has 4 nitrogen and oxygen atoms in total. The van der Waals surface area contributed by atoms with Crippen LogP contribution >= 0.6 is 27.3 Å². The van der Waals surface area contributed by atoms with Crippen molar-refractivity contribution in [2.24, 2.45) is 0 Å². The van der Waals surface area contributed by atoms with Gasteiger partial charge in [-0.25, -0.2) is 8.42 Å². The van der Waals surface area contributed by atoms with Crippen LogP contribution in [0.1, 0.15) is 11.8 Å². The molecular weight excluding hydrogens is 374 g/mol. The summed E-state index contributed by atoms with van der Waals surface area (Å²) >= 11 is 4.90. The number of halogens is 1. The number of benzene rings is 1. The second-order valence-corrected chi connectivity index (χ2v) is 8.96. The van der Waals surface area contributed by atoms with E-state index in [1.54, 1.807) is 31.3 Å². The molecule has 0 aliphatic heterocycles. The van der Waals surface area contributed by atoms with E-state index in [1.807, 2.05) is 19.1 Å². The second-order valence-electron chi connectivity index (χ2n) is 4.37. The highest BCUT2D eigenvalue weighted by atomic mass is 79.9. The van der Waals surface area contributed by atoms with Gasteiger partial charge in [0, 0.05) is 18.5 Å². The van der Waals surface area contributed by atoms with Crippen LogP contribution in [0.25, 0.3) is 0 Å². The SMILES string of the molecule is CCOc1ccc(S(=O)(=O)N(C)Cc2ccc(Br)s2)cc1.